The maximum Gasteiger partial charge on any atom is 0.279 e. The van der Waals surface area contributed by atoms with Gasteiger partial charge in [-0.2, -0.15) is 0 Å². The predicted octanol–water partition coefficient (Wildman–Crippen LogP) is 1.70. The van der Waals surface area contributed by atoms with Gasteiger partial charge in [-0.15, -0.1) is 0 Å². The number of hydrogen-bond donors (Lipinski definition) is 3. The van der Waals surface area contributed by atoms with Crippen molar-refractivity contribution in [1.29, 1.82) is 0 Å². The zero-order chi connectivity index (χ0) is 18.4. The fourth-order valence-corrected chi connectivity index (χ4v) is 2.52. The molecular formula is C20H26N3O2+. The van der Waals surface area contributed by atoms with Gasteiger partial charge in [0, 0.05) is 11.4 Å². The van der Waals surface area contributed by atoms with Crippen molar-refractivity contribution in [2.45, 2.75) is 20.8 Å². The van der Waals surface area contributed by atoms with Crippen molar-refractivity contribution in [3.8, 4) is 0 Å². The van der Waals surface area contributed by atoms with Gasteiger partial charge >= 0.3 is 0 Å². The molecule has 5 nitrogen and oxygen atoms in total. The van der Waals surface area contributed by atoms with Crippen LogP contribution in [-0.2, 0) is 9.59 Å². The van der Waals surface area contributed by atoms with E-state index in [1.54, 1.807) is 0 Å². The summed E-state index contributed by atoms with van der Waals surface area (Å²) in [6.45, 7) is 6.41. The third kappa shape index (κ3) is 6.04. The van der Waals surface area contributed by atoms with Gasteiger partial charge in [0.2, 0.25) is 0 Å². The average Bonchev–Trinajstić information content (AvgIpc) is 2.52. The van der Waals surface area contributed by atoms with Crippen LogP contribution in [0, 0.1) is 20.8 Å². The van der Waals surface area contributed by atoms with E-state index in [0.717, 1.165) is 33.0 Å². The molecule has 132 valence electrons. The van der Waals surface area contributed by atoms with Crippen LogP contribution in [0.2, 0.25) is 0 Å². The molecule has 0 heterocycles. The second kappa shape index (κ2) is 8.44. The van der Waals surface area contributed by atoms with Gasteiger partial charge in [0.05, 0.1) is 7.05 Å². The molecule has 3 N–H and O–H groups in total. The molecule has 0 aliphatic carbocycles. The fraction of sp³-hybridized carbons (Fsp3) is 0.300. The van der Waals surface area contributed by atoms with Crippen LogP contribution in [0.5, 0.6) is 0 Å². The van der Waals surface area contributed by atoms with E-state index in [9.17, 15) is 9.59 Å². The standard InChI is InChI=1S/C20H25N3O2/c1-14-6-9-17(10-7-14)21-19(24)12-23(4)13-20(25)22-18-11-15(2)5-8-16(18)3/h5-11H,12-13H2,1-4H3,(H,21,24)(H,22,25)/p+1. The van der Waals surface area contributed by atoms with Crippen LogP contribution in [0.1, 0.15) is 16.7 Å². The minimum absolute atomic E-state index is 0.102. The maximum absolute atomic E-state index is 12.2. The Hall–Kier alpha value is -2.66. The summed E-state index contributed by atoms with van der Waals surface area (Å²) in [5, 5.41) is 5.77. The highest BCUT2D eigenvalue weighted by molar-refractivity contribution is 5.93. The van der Waals surface area contributed by atoms with Gasteiger partial charge in [0.15, 0.2) is 13.1 Å². The van der Waals surface area contributed by atoms with E-state index in [4.69, 9.17) is 0 Å². The zero-order valence-electron chi connectivity index (χ0n) is 15.3. The molecule has 0 radical (unpaired) electrons. The summed E-state index contributed by atoms with van der Waals surface area (Å²) in [7, 11) is 1.83. The molecule has 0 aromatic heterocycles. The molecular weight excluding hydrogens is 314 g/mol. The van der Waals surface area contributed by atoms with Crippen molar-refractivity contribution < 1.29 is 14.5 Å². The predicted molar refractivity (Wildman–Crippen MR) is 101 cm³/mol. The monoisotopic (exact) mass is 340 g/mol. The summed E-state index contributed by atoms with van der Waals surface area (Å²) in [4.78, 5) is 25.1. The Bertz CT molecular complexity index is 754. The third-order valence-corrected chi connectivity index (χ3v) is 3.93. The second-order valence-electron chi connectivity index (χ2n) is 6.59. The number of anilines is 2. The quantitative estimate of drug-likeness (QED) is 0.750. The Morgan fingerprint density at radius 3 is 2.04 bits per heavy atom. The first-order valence-electron chi connectivity index (χ1n) is 8.38. The summed E-state index contributed by atoms with van der Waals surface area (Å²) in [5.74, 6) is -0.213. The van der Waals surface area contributed by atoms with E-state index in [1.165, 1.54) is 0 Å². The number of carbonyl (C=O) groups is 2. The van der Waals surface area contributed by atoms with Crippen LogP contribution in [0.4, 0.5) is 11.4 Å². The van der Waals surface area contributed by atoms with Gasteiger partial charge < -0.3 is 15.5 Å². The Kier molecular flexibility index (Phi) is 6.31. The Morgan fingerprint density at radius 2 is 1.40 bits per heavy atom. The molecule has 0 bridgehead atoms. The molecule has 0 fully saturated rings. The molecule has 1 atom stereocenters. The van der Waals surface area contributed by atoms with E-state index >= 15 is 0 Å². The van der Waals surface area contributed by atoms with E-state index < -0.39 is 0 Å². The van der Waals surface area contributed by atoms with E-state index in [0.29, 0.717) is 0 Å². The Morgan fingerprint density at radius 1 is 0.840 bits per heavy atom. The first-order valence-corrected chi connectivity index (χ1v) is 8.38. The number of nitrogens with one attached hydrogen (secondary N) is 3. The molecule has 0 aliphatic heterocycles. The Labute approximate surface area is 149 Å². The molecule has 1 unspecified atom stereocenters. The average molecular weight is 340 g/mol. The number of aryl methyl sites for hydroxylation is 3. The lowest BCUT2D eigenvalue weighted by Gasteiger charge is -2.15. The lowest BCUT2D eigenvalue weighted by molar-refractivity contribution is -0.862. The summed E-state index contributed by atoms with van der Waals surface area (Å²) in [5.41, 5.74) is 4.85. The summed E-state index contributed by atoms with van der Waals surface area (Å²) < 4.78 is 0. The van der Waals surface area contributed by atoms with Crippen molar-refractivity contribution in [2.24, 2.45) is 0 Å². The zero-order valence-corrected chi connectivity index (χ0v) is 15.3. The molecule has 2 aromatic rings. The van der Waals surface area contributed by atoms with Gasteiger partial charge in [-0.1, -0.05) is 29.8 Å². The first kappa shape index (κ1) is 18.7. The molecule has 0 aliphatic rings. The number of benzene rings is 2. The largest absolute Gasteiger partial charge is 0.322 e. The SMILES string of the molecule is Cc1ccc(NC(=O)C[NH+](C)CC(=O)Nc2cc(C)ccc2C)cc1. The van der Waals surface area contributed by atoms with Crippen LogP contribution >= 0.6 is 0 Å². The Balaban J connectivity index is 1.83. The molecule has 2 rings (SSSR count). The van der Waals surface area contributed by atoms with E-state index in [2.05, 4.69) is 10.6 Å². The summed E-state index contributed by atoms with van der Waals surface area (Å²) >= 11 is 0. The number of carbonyl (C=O) groups excluding carboxylic acids is 2. The highest BCUT2D eigenvalue weighted by Gasteiger charge is 2.15. The van der Waals surface area contributed by atoms with Crippen molar-refractivity contribution >= 4 is 23.2 Å². The minimum Gasteiger partial charge on any atom is -0.322 e. The van der Waals surface area contributed by atoms with Crippen LogP contribution in [0.25, 0.3) is 0 Å². The number of amides is 2. The maximum atomic E-state index is 12.2. The van der Waals surface area contributed by atoms with Gasteiger partial charge in [-0.05, 0) is 50.1 Å². The number of quaternary nitrogens is 1. The first-order chi connectivity index (χ1) is 11.8. The van der Waals surface area contributed by atoms with Crippen molar-refractivity contribution in [3.05, 3.63) is 59.2 Å². The number of hydrogen-bond acceptors (Lipinski definition) is 2. The number of rotatable bonds is 6. The van der Waals surface area contributed by atoms with Gasteiger partial charge in [0.1, 0.15) is 0 Å². The lowest BCUT2D eigenvalue weighted by Crippen LogP contribution is -3.11. The molecule has 5 heteroatoms. The molecule has 2 aromatic carbocycles. The molecule has 25 heavy (non-hydrogen) atoms. The second-order valence-corrected chi connectivity index (χ2v) is 6.59. The van der Waals surface area contributed by atoms with Crippen LogP contribution < -0.4 is 15.5 Å². The van der Waals surface area contributed by atoms with Crippen LogP contribution in [0.3, 0.4) is 0 Å². The summed E-state index contributed by atoms with van der Waals surface area (Å²) in [6.07, 6.45) is 0. The molecule has 0 saturated carbocycles. The van der Waals surface area contributed by atoms with Gasteiger partial charge in [0.25, 0.3) is 11.8 Å². The van der Waals surface area contributed by atoms with Crippen molar-refractivity contribution in [1.82, 2.24) is 0 Å². The van der Waals surface area contributed by atoms with Crippen LogP contribution in [0.15, 0.2) is 42.5 Å². The fourth-order valence-electron chi connectivity index (χ4n) is 2.52. The van der Waals surface area contributed by atoms with Gasteiger partial charge in [-0.3, -0.25) is 9.59 Å². The molecule has 0 saturated heterocycles. The topological polar surface area (TPSA) is 62.6 Å². The summed E-state index contributed by atoms with van der Waals surface area (Å²) in [6, 6.07) is 13.6. The van der Waals surface area contributed by atoms with Crippen molar-refractivity contribution in [3.63, 3.8) is 0 Å². The highest BCUT2D eigenvalue weighted by Crippen LogP contribution is 2.15. The smallest absolute Gasteiger partial charge is 0.279 e. The minimum atomic E-state index is -0.110. The molecule has 2 amide bonds. The normalized spacial score (nSPS) is 11.7. The van der Waals surface area contributed by atoms with E-state index in [1.807, 2.05) is 70.3 Å². The van der Waals surface area contributed by atoms with E-state index in [-0.39, 0.29) is 24.9 Å². The molecule has 0 spiro atoms. The highest BCUT2D eigenvalue weighted by atomic mass is 16.2. The third-order valence-electron chi connectivity index (χ3n) is 3.93. The van der Waals surface area contributed by atoms with Crippen molar-refractivity contribution in [2.75, 3.05) is 30.8 Å². The van der Waals surface area contributed by atoms with Crippen LogP contribution in [-0.4, -0.2) is 32.0 Å². The van der Waals surface area contributed by atoms with Gasteiger partial charge in [-0.25, -0.2) is 0 Å². The lowest BCUT2D eigenvalue weighted by atomic mass is 10.1. The number of likely N-dealkylation sites (N-methyl/N-ethyl adjacent to an activating group) is 1.